The quantitative estimate of drug-likeness (QED) is 0.751. The molecular formula is C14H11ClN2O2. The molecule has 2 heterocycles. The van der Waals surface area contributed by atoms with Gasteiger partial charge in [-0.15, -0.1) is 0 Å². The van der Waals surface area contributed by atoms with Crippen molar-refractivity contribution >= 4 is 28.5 Å². The maximum atomic E-state index is 11.1. The molecule has 3 rings (SSSR count). The van der Waals surface area contributed by atoms with Crippen LogP contribution in [0.2, 0.25) is 5.02 Å². The summed E-state index contributed by atoms with van der Waals surface area (Å²) in [6.07, 6.45) is 1.86. The molecule has 5 heteroatoms. The Balaban J connectivity index is 2.25. The van der Waals surface area contributed by atoms with E-state index in [1.54, 1.807) is 23.7 Å². The number of rotatable bonds is 2. The smallest absolute Gasteiger partial charge is 0.352 e. The Morgan fingerprint density at radius 1 is 1.32 bits per heavy atom. The number of nitrogens with one attached hydrogen (secondary N) is 1. The Labute approximate surface area is 114 Å². The minimum absolute atomic E-state index is 0.256. The molecule has 0 saturated carbocycles. The van der Waals surface area contributed by atoms with Crippen LogP contribution in [0, 0.1) is 0 Å². The number of aromatic carboxylic acids is 1. The first-order chi connectivity index (χ1) is 9.08. The number of H-pyrrole nitrogens is 1. The van der Waals surface area contributed by atoms with Gasteiger partial charge in [0.1, 0.15) is 5.69 Å². The number of carboxylic acids is 1. The van der Waals surface area contributed by atoms with Crippen molar-refractivity contribution in [3.05, 3.63) is 47.2 Å². The van der Waals surface area contributed by atoms with Crippen molar-refractivity contribution < 1.29 is 9.90 Å². The first kappa shape index (κ1) is 11.9. The van der Waals surface area contributed by atoms with Gasteiger partial charge in [-0.25, -0.2) is 4.79 Å². The maximum Gasteiger partial charge on any atom is 0.352 e. The van der Waals surface area contributed by atoms with Crippen LogP contribution in [0.15, 0.2) is 36.5 Å². The summed E-state index contributed by atoms with van der Waals surface area (Å²) in [5.74, 6) is -0.938. The third-order valence-electron chi connectivity index (χ3n) is 3.26. The van der Waals surface area contributed by atoms with E-state index < -0.39 is 5.97 Å². The van der Waals surface area contributed by atoms with Gasteiger partial charge >= 0.3 is 5.97 Å². The van der Waals surface area contributed by atoms with Crippen molar-refractivity contribution in [2.45, 2.75) is 0 Å². The Morgan fingerprint density at radius 3 is 2.79 bits per heavy atom. The van der Waals surface area contributed by atoms with Crippen LogP contribution in [0.3, 0.4) is 0 Å². The summed E-state index contributed by atoms with van der Waals surface area (Å²) in [6.45, 7) is 0. The van der Waals surface area contributed by atoms with Gasteiger partial charge in [-0.1, -0.05) is 11.6 Å². The lowest BCUT2D eigenvalue weighted by molar-refractivity contribution is 0.0687. The number of carboxylic acid groups (broad SMARTS) is 1. The summed E-state index contributed by atoms with van der Waals surface area (Å²) in [5.41, 5.74) is 3.00. The second-order valence-corrected chi connectivity index (χ2v) is 4.80. The molecule has 0 unspecified atom stereocenters. The molecule has 0 fully saturated rings. The molecule has 0 saturated heterocycles. The average molecular weight is 275 g/mol. The maximum absolute atomic E-state index is 11.1. The second-order valence-electron chi connectivity index (χ2n) is 4.36. The Kier molecular flexibility index (Phi) is 2.61. The fourth-order valence-corrected chi connectivity index (χ4v) is 2.47. The lowest BCUT2D eigenvalue weighted by Gasteiger charge is -2.04. The predicted octanol–water partition coefficient (Wildman–Crippen LogP) is 3.53. The molecule has 0 radical (unpaired) electrons. The van der Waals surface area contributed by atoms with Crippen molar-refractivity contribution in [2.75, 3.05) is 0 Å². The number of fused-ring (bicyclic) bond motifs is 1. The summed E-state index contributed by atoms with van der Waals surface area (Å²) in [6, 6.07) is 8.99. The number of nitrogens with zero attached hydrogens (tertiary/aromatic N) is 1. The van der Waals surface area contributed by atoms with E-state index in [1.165, 1.54) is 0 Å². The number of hydrogen-bond acceptors (Lipinski definition) is 1. The van der Waals surface area contributed by atoms with Gasteiger partial charge in [0.15, 0.2) is 0 Å². The molecule has 19 heavy (non-hydrogen) atoms. The molecule has 0 amide bonds. The van der Waals surface area contributed by atoms with Gasteiger partial charge in [-0.3, -0.25) is 0 Å². The summed E-state index contributed by atoms with van der Waals surface area (Å²) < 4.78 is 1.66. The second kappa shape index (κ2) is 4.17. The molecule has 0 aliphatic rings. The molecular weight excluding hydrogens is 264 g/mol. The van der Waals surface area contributed by atoms with Crippen molar-refractivity contribution in [1.29, 1.82) is 0 Å². The lowest BCUT2D eigenvalue weighted by atomic mass is 10.1. The number of aromatic amines is 1. The number of halogens is 1. The van der Waals surface area contributed by atoms with E-state index in [-0.39, 0.29) is 5.69 Å². The van der Waals surface area contributed by atoms with Gasteiger partial charge in [0.2, 0.25) is 0 Å². The first-order valence-electron chi connectivity index (χ1n) is 5.74. The Hall–Kier alpha value is -2.20. The molecule has 0 aliphatic carbocycles. The SMILES string of the molecule is Cn1c(C(=O)O)ccc1-c1c[nH]c2ccc(Cl)cc12. The fraction of sp³-hybridized carbons (Fsp3) is 0.0714. The molecule has 0 spiro atoms. The van der Waals surface area contributed by atoms with E-state index >= 15 is 0 Å². The van der Waals surface area contributed by atoms with Crippen molar-refractivity contribution in [3.8, 4) is 11.3 Å². The predicted molar refractivity (Wildman–Crippen MR) is 74.7 cm³/mol. The lowest BCUT2D eigenvalue weighted by Crippen LogP contribution is -2.04. The van der Waals surface area contributed by atoms with Gasteiger partial charge in [0.25, 0.3) is 0 Å². The molecule has 1 aromatic carbocycles. The van der Waals surface area contributed by atoms with Gasteiger partial charge in [0.05, 0.1) is 5.69 Å². The van der Waals surface area contributed by atoms with Gasteiger partial charge in [-0.2, -0.15) is 0 Å². The summed E-state index contributed by atoms with van der Waals surface area (Å²) in [7, 11) is 1.74. The van der Waals surface area contributed by atoms with E-state index in [0.717, 1.165) is 22.2 Å². The standard InChI is InChI=1S/C14H11ClN2O2/c1-17-12(4-5-13(17)14(18)19)10-7-16-11-3-2-8(15)6-9(10)11/h2-7,16H,1H3,(H,18,19). The Bertz CT molecular complexity index is 786. The fourth-order valence-electron chi connectivity index (χ4n) is 2.30. The van der Waals surface area contributed by atoms with Crippen LogP contribution in [-0.2, 0) is 7.05 Å². The molecule has 2 aromatic heterocycles. The number of aromatic nitrogens is 2. The highest BCUT2D eigenvalue weighted by Gasteiger charge is 2.15. The van der Waals surface area contributed by atoms with Gasteiger partial charge in [-0.05, 0) is 30.3 Å². The van der Waals surface area contributed by atoms with Crippen LogP contribution < -0.4 is 0 Å². The number of benzene rings is 1. The van der Waals surface area contributed by atoms with Crippen LogP contribution in [0.1, 0.15) is 10.5 Å². The summed E-state index contributed by atoms with van der Waals surface area (Å²) in [5, 5.41) is 10.7. The first-order valence-corrected chi connectivity index (χ1v) is 6.12. The van der Waals surface area contributed by atoms with Crippen LogP contribution in [0.25, 0.3) is 22.2 Å². The monoisotopic (exact) mass is 274 g/mol. The van der Waals surface area contributed by atoms with E-state index in [1.807, 2.05) is 24.4 Å². The average Bonchev–Trinajstić information content (AvgIpc) is 2.92. The molecule has 0 atom stereocenters. The third-order valence-corrected chi connectivity index (χ3v) is 3.50. The topological polar surface area (TPSA) is 58.0 Å². The minimum Gasteiger partial charge on any atom is -0.477 e. The molecule has 0 bridgehead atoms. The zero-order valence-corrected chi connectivity index (χ0v) is 10.9. The number of hydrogen-bond donors (Lipinski definition) is 2. The van der Waals surface area contributed by atoms with Crippen LogP contribution in [0.4, 0.5) is 0 Å². The zero-order valence-electron chi connectivity index (χ0n) is 10.1. The van der Waals surface area contributed by atoms with E-state index in [0.29, 0.717) is 5.02 Å². The van der Waals surface area contributed by atoms with Crippen molar-refractivity contribution in [1.82, 2.24) is 9.55 Å². The highest BCUT2D eigenvalue weighted by Crippen LogP contribution is 2.31. The van der Waals surface area contributed by atoms with E-state index in [9.17, 15) is 4.79 Å². The summed E-state index contributed by atoms with van der Waals surface area (Å²) in [4.78, 5) is 14.2. The highest BCUT2D eigenvalue weighted by molar-refractivity contribution is 6.31. The van der Waals surface area contributed by atoms with Gasteiger partial charge in [0, 0.05) is 34.7 Å². The molecule has 3 aromatic rings. The molecule has 2 N–H and O–H groups in total. The molecule has 0 aliphatic heterocycles. The van der Waals surface area contributed by atoms with E-state index in [2.05, 4.69) is 4.98 Å². The molecule has 96 valence electrons. The normalized spacial score (nSPS) is 11.1. The third kappa shape index (κ3) is 1.81. The zero-order chi connectivity index (χ0) is 13.6. The van der Waals surface area contributed by atoms with Crippen LogP contribution >= 0.6 is 11.6 Å². The highest BCUT2D eigenvalue weighted by atomic mass is 35.5. The van der Waals surface area contributed by atoms with Crippen LogP contribution in [0.5, 0.6) is 0 Å². The largest absolute Gasteiger partial charge is 0.477 e. The van der Waals surface area contributed by atoms with Gasteiger partial charge < -0.3 is 14.7 Å². The van der Waals surface area contributed by atoms with Crippen LogP contribution in [-0.4, -0.2) is 20.6 Å². The summed E-state index contributed by atoms with van der Waals surface area (Å²) >= 11 is 6.02. The van der Waals surface area contributed by atoms with Crippen molar-refractivity contribution in [3.63, 3.8) is 0 Å². The number of carbonyl (C=O) groups is 1. The minimum atomic E-state index is -0.938. The Morgan fingerprint density at radius 2 is 2.11 bits per heavy atom. The molecule has 4 nitrogen and oxygen atoms in total. The van der Waals surface area contributed by atoms with E-state index in [4.69, 9.17) is 16.7 Å². The van der Waals surface area contributed by atoms with Crippen molar-refractivity contribution in [2.24, 2.45) is 7.05 Å².